The topological polar surface area (TPSA) is 43.8 Å². The van der Waals surface area contributed by atoms with E-state index in [-0.39, 0.29) is 0 Å². The predicted molar refractivity (Wildman–Crippen MR) is 59.1 cm³/mol. The van der Waals surface area contributed by atoms with E-state index in [0.29, 0.717) is 0 Å². The molecular formula is C11H15N3. The highest BCUT2D eigenvalue weighted by atomic mass is 15.3. The molecule has 0 saturated heterocycles. The third kappa shape index (κ3) is 1.58. The van der Waals surface area contributed by atoms with Crippen LogP contribution in [0.2, 0.25) is 0 Å². The van der Waals surface area contributed by atoms with Crippen LogP contribution in [-0.2, 0) is 6.54 Å². The van der Waals surface area contributed by atoms with Crippen molar-refractivity contribution in [2.45, 2.75) is 26.3 Å². The fourth-order valence-electron chi connectivity index (χ4n) is 1.57. The molecule has 0 aliphatic rings. The number of aryl methyl sites for hydroxylation is 1. The van der Waals surface area contributed by atoms with Gasteiger partial charge in [0, 0.05) is 17.6 Å². The first kappa shape index (κ1) is 9.06. The number of hydrogen-bond acceptors (Lipinski definition) is 2. The minimum Gasteiger partial charge on any atom is -0.399 e. The van der Waals surface area contributed by atoms with Crippen molar-refractivity contribution >= 4 is 16.6 Å². The number of benzene rings is 1. The van der Waals surface area contributed by atoms with Crippen molar-refractivity contribution in [1.29, 1.82) is 0 Å². The van der Waals surface area contributed by atoms with E-state index in [1.165, 1.54) is 6.42 Å². The zero-order valence-electron chi connectivity index (χ0n) is 8.40. The molecule has 0 amide bonds. The maximum atomic E-state index is 5.74. The van der Waals surface area contributed by atoms with Crippen LogP contribution >= 0.6 is 0 Å². The smallest absolute Gasteiger partial charge is 0.0702 e. The van der Waals surface area contributed by atoms with E-state index in [2.05, 4.69) is 12.0 Å². The quantitative estimate of drug-likeness (QED) is 0.753. The maximum absolute atomic E-state index is 5.74. The Morgan fingerprint density at radius 3 is 3.07 bits per heavy atom. The van der Waals surface area contributed by atoms with Gasteiger partial charge in [-0.1, -0.05) is 13.3 Å². The van der Waals surface area contributed by atoms with E-state index in [1.54, 1.807) is 0 Å². The summed E-state index contributed by atoms with van der Waals surface area (Å²) in [7, 11) is 0. The van der Waals surface area contributed by atoms with Crippen molar-refractivity contribution in [2.24, 2.45) is 0 Å². The van der Waals surface area contributed by atoms with Crippen LogP contribution in [0.3, 0.4) is 0 Å². The highest BCUT2D eigenvalue weighted by Gasteiger charge is 2.01. The van der Waals surface area contributed by atoms with Gasteiger partial charge in [0.25, 0.3) is 0 Å². The molecule has 3 heteroatoms. The average molecular weight is 189 g/mol. The maximum Gasteiger partial charge on any atom is 0.0702 e. The summed E-state index contributed by atoms with van der Waals surface area (Å²) in [6.45, 7) is 3.16. The molecule has 0 radical (unpaired) electrons. The number of unbranched alkanes of at least 4 members (excludes halogenated alkanes) is 1. The second kappa shape index (κ2) is 3.70. The van der Waals surface area contributed by atoms with Gasteiger partial charge in [-0.05, 0) is 24.6 Å². The van der Waals surface area contributed by atoms with Crippen molar-refractivity contribution in [2.75, 3.05) is 5.73 Å². The number of aromatic nitrogens is 2. The van der Waals surface area contributed by atoms with Crippen molar-refractivity contribution in [1.82, 2.24) is 9.78 Å². The van der Waals surface area contributed by atoms with Crippen molar-refractivity contribution in [3.8, 4) is 0 Å². The van der Waals surface area contributed by atoms with Gasteiger partial charge in [0.1, 0.15) is 0 Å². The number of hydrogen-bond donors (Lipinski definition) is 1. The second-order valence-corrected chi connectivity index (χ2v) is 3.54. The second-order valence-electron chi connectivity index (χ2n) is 3.54. The summed E-state index contributed by atoms with van der Waals surface area (Å²) in [6.07, 6.45) is 4.24. The highest BCUT2D eigenvalue weighted by Crippen LogP contribution is 2.17. The van der Waals surface area contributed by atoms with Crippen LogP contribution in [0, 0.1) is 0 Å². The Balaban J connectivity index is 2.40. The number of nitrogens with zero attached hydrogens (tertiary/aromatic N) is 2. The van der Waals surface area contributed by atoms with Crippen molar-refractivity contribution in [3.05, 3.63) is 24.4 Å². The molecule has 74 valence electrons. The van der Waals surface area contributed by atoms with Gasteiger partial charge in [0.15, 0.2) is 0 Å². The number of nitrogens with two attached hydrogens (primary N) is 1. The molecule has 0 spiro atoms. The molecule has 14 heavy (non-hydrogen) atoms. The van der Waals surface area contributed by atoms with E-state index in [4.69, 9.17) is 5.73 Å². The van der Waals surface area contributed by atoms with Crippen LogP contribution < -0.4 is 5.73 Å². The minimum atomic E-state index is 0.802. The van der Waals surface area contributed by atoms with Crippen LogP contribution in [0.25, 0.3) is 10.9 Å². The van der Waals surface area contributed by atoms with Crippen LogP contribution in [0.15, 0.2) is 24.4 Å². The molecule has 2 rings (SSSR count). The molecule has 0 bridgehead atoms. The van der Waals surface area contributed by atoms with Crippen LogP contribution in [-0.4, -0.2) is 9.78 Å². The minimum absolute atomic E-state index is 0.802. The lowest BCUT2D eigenvalue weighted by atomic mass is 10.2. The van der Waals surface area contributed by atoms with Crippen LogP contribution in [0.4, 0.5) is 5.69 Å². The van der Waals surface area contributed by atoms with Gasteiger partial charge >= 0.3 is 0 Å². The van der Waals surface area contributed by atoms with Crippen molar-refractivity contribution in [3.63, 3.8) is 0 Å². The summed E-state index contributed by atoms with van der Waals surface area (Å²) in [6, 6.07) is 5.91. The van der Waals surface area contributed by atoms with Gasteiger partial charge in [0.05, 0.1) is 11.7 Å². The molecule has 1 heterocycles. The predicted octanol–water partition coefficient (Wildman–Crippen LogP) is 2.42. The largest absolute Gasteiger partial charge is 0.399 e. The number of fused-ring (bicyclic) bond motifs is 1. The molecule has 2 N–H and O–H groups in total. The summed E-state index contributed by atoms with van der Waals surface area (Å²) < 4.78 is 2.02. The van der Waals surface area contributed by atoms with Crippen LogP contribution in [0.5, 0.6) is 0 Å². The van der Waals surface area contributed by atoms with Gasteiger partial charge < -0.3 is 5.73 Å². The lowest BCUT2D eigenvalue weighted by Crippen LogP contribution is -1.99. The Bertz CT molecular complexity index is 431. The zero-order chi connectivity index (χ0) is 9.97. The van der Waals surface area contributed by atoms with Gasteiger partial charge in [-0.15, -0.1) is 0 Å². The summed E-state index contributed by atoms with van der Waals surface area (Å²) in [5, 5.41) is 5.50. The molecule has 1 aromatic heterocycles. The molecular weight excluding hydrogens is 174 g/mol. The highest BCUT2D eigenvalue weighted by molar-refractivity contribution is 5.81. The van der Waals surface area contributed by atoms with E-state index in [0.717, 1.165) is 29.6 Å². The third-order valence-corrected chi connectivity index (χ3v) is 2.39. The molecule has 0 unspecified atom stereocenters. The monoisotopic (exact) mass is 189 g/mol. The molecule has 0 atom stereocenters. The van der Waals surface area contributed by atoms with Crippen LogP contribution in [0.1, 0.15) is 19.8 Å². The average Bonchev–Trinajstić information content (AvgIpc) is 2.57. The first-order chi connectivity index (χ1) is 6.81. The summed E-state index contributed by atoms with van der Waals surface area (Å²) in [4.78, 5) is 0. The lowest BCUT2D eigenvalue weighted by molar-refractivity contribution is 0.588. The number of rotatable bonds is 3. The Morgan fingerprint density at radius 2 is 2.29 bits per heavy atom. The zero-order valence-corrected chi connectivity index (χ0v) is 8.40. The van der Waals surface area contributed by atoms with Crippen molar-refractivity contribution < 1.29 is 0 Å². The third-order valence-electron chi connectivity index (χ3n) is 2.39. The standard InChI is InChI=1S/C11H15N3/c1-2-3-6-14-11-7-10(12)5-4-9(11)8-13-14/h4-5,7-8H,2-3,6,12H2,1H3. The van der Waals surface area contributed by atoms with Gasteiger partial charge in [-0.25, -0.2) is 0 Å². The fraction of sp³-hybridized carbons (Fsp3) is 0.364. The number of anilines is 1. The summed E-state index contributed by atoms with van der Waals surface area (Å²) in [5.41, 5.74) is 7.68. The Labute approximate surface area is 83.5 Å². The van der Waals surface area contributed by atoms with Gasteiger partial charge in [-0.2, -0.15) is 5.10 Å². The molecule has 3 nitrogen and oxygen atoms in total. The lowest BCUT2D eigenvalue weighted by Gasteiger charge is -2.02. The number of nitrogen functional groups attached to an aromatic ring is 1. The molecule has 0 aliphatic carbocycles. The van der Waals surface area contributed by atoms with Gasteiger partial charge in [0.2, 0.25) is 0 Å². The molecule has 0 aliphatic heterocycles. The van der Waals surface area contributed by atoms with E-state index >= 15 is 0 Å². The van der Waals surface area contributed by atoms with E-state index < -0.39 is 0 Å². The molecule has 0 fully saturated rings. The normalized spacial score (nSPS) is 10.9. The van der Waals surface area contributed by atoms with E-state index in [9.17, 15) is 0 Å². The van der Waals surface area contributed by atoms with Gasteiger partial charge in [-0.3, -0.25) is 4.68 Å². The molecule has 1 aromatic carbocycles. The summed E-state index contributed by atoms with van der Waals surface area (Å²) in [5.74, 6) is 0. The Hall–Kier alpha value is -1.51. The first-order valence-electron chi connectivity index (χ1n) is 5.02. The fourth-order valence-corrected chi connectivity index (χ4v) is 1.57. The Kier molecular flexibility index (Phi) is 2.39. The molecule has 2 aromatic rings. The summed E-state index contributed by atoms with van der Waals surface area (Å²) >= 11 is 0. The molecule has 0 saturated carbocycles. The Morgan fingerprint density at radius 1 is 1.43 bits per heavy atom. The SMILES string of the molecule is CCCCn1ncc2ccc(N)cc21. The first-order valence-corrected chi connectivity index (χ1v) is 5.02. The van der Waals surface area contributed by atoms with E-state index in [1.807, 2.05) is 29.1 Å².